The number of carbonyl (C=O) groups excluding carboxylic acids is 1. The molecule has 2 rings (SSSR count). The third-order valence-corrected chi connectivity index (χ3v) is 3.58. The van der Waals surface area contributed by atoms with E-state index in [1.165, 1.54) is 0 Å². The van der Waals surface area contributed by atoms with Crippen molar-refractivity contribution in [1.29, 1.82) is 0 Å². The van der Waals surface area contributed by atoms with Crippen LogP contribution in [0, 0.1) is 19.8 Å². The van der Waals surface area contributed by atoms with E-state index in [9.17, 15) is 4.79 Å². The highest BCUT2D eigenvalue weighted by Gasteiger charge is 2.14. The molecule has 1 saturated heterocycles. The number of aryl methyl sites for hydroxylation is 3. The molecule has 0 saturated carbocycles. The van der Waals surface area contributed by atoms with E-state index < -0.39 is 0 Å². The van der Waals surface area contributed by atoms with Crippen LogP contribution in [0.2, 0.25) is 0 Å². The van der Waals surface area contributed by atoms with Crippen molar-refractivity contribution >= 4 is 5.91 Å². The third-order valence-electron chi connectivity index (χ3n) is 3.58. The third kappa shape index (κ3) is 4.35. The Hall–Kier alpha value is -1.36. The largest absolute Gasteiger partial charge is 0.381 e. The van der Waals surface area contributed by atoms with Crippen LogP contribution in [0.4, 0.5) is 0 Å². The molecule has 1 aliphatic rings. The lowest BCUT2D eigenvalue weighted by molar-refractivity contribution is -0.121. The highest BCUT2D eigenvalue weighted by Crippen LogP contribution is 2.13. The second kappa shape index (κ2) is 6.70. The minimum Gasteiger partial charge on any atom is -0.381 e. The standard InChI is InChI=1S/C14H23N3O2/c1-11-9-12(2)17(16-11)6-3-14(18)15-10-13-4-7-19-8-5-13/h9,13H,3-8,10H2,1-2H3,(H,15,18). The average Bonchev–Trinajstić information content (AvgIpc) is 2.73. The Morgan fingerprint density at radius 1 is 1.47 bits per heavy atom. The molecule has 0 spiro atoms. The summed E-state index contributed by atoms with van der Waals surface area (Å²) in [7, 11) is 0. The number of hydrogen-bond donors (Lipinski definition) is 1. The molecule has 5 nitrogen and oxygen atoms in total. The smallest absolute Gasteiger partial charge is 0.221 e. The molecule has 106 valence electrons. The van der Waals surface area contributed by atoms with Crippen LogP contribution in [0.3, 0.4) is 0 Å². The van der Waals surface area contributed by atoms with Gasteiger partial charge in [-0.25, -0.2) is 0 Å². The Labute approximate surface area is 114 Å². The normalized spacial score (nSPS) is 16.5. The maximum absolute atomic E-state index is 11.8. The van der Waals surface area contributed by atoms with Gasteiger partial charge in [0.25, 0.3) is 0 Å². The molecule has 1 amide bonds. The summed E-state index contributed by atoms with van der Waals surface area (Å²) < 4.78 is 7.20. The van der Waals surface area contributed by atoms with Crippen molar-refractivity contribution < 1.29 is 9.53 Å². The topological polar surface area (TPSA) is 56.2 Å². The summed E-state index contributed by atoms with van der Waals surface area (Å²) in [5, 5.41) is 7.37. The van der Waals surface area contributed by atoms with Gasteiger partial charge in [-0.15, -0.1) is 0 Å². The molecule has 0 radical (unpaired) electrons. The summed E-state index contributed by atoms with van der Waals surface area (Å²) in [6, 6.07) is 2.03. The van der Waals surface area contributed by atoms with E-state index in [1.54, 1.807) is 0 Å². The minimum atomic E-state index is 0.110. The van der Waals surface area contributed by atoms with Gasteiger partial charge < -0.3 is 10.1 Å². The summed E-state index contributed by atoms with van der Waals surface area (Å²) in [6.07, 6.45) is 2.60. The molecule has 0 bridgehead atoms. The summed E-state index contributed by atoms with van der Waals surface area (Å²) in [5.41, 5.74) is 2.11. The molecule has 1 aromatic rings. The van der Waals surface area contributed by atoms with Gasteiger partial charge in [0.15, 0.2) is 0 Å². The van der Waals surface area contributed by atoms with E-state index in [-0.39, 0.29) is 5.91 Å². The fraction of sp³-hybridized carbons (Fsp3) is 0.714. The van der Waals surface area contributed by atoms with Crippen molar-refractivity contribution in [2.75, 3.05) is 19.8 Å². The molecule has 1 N–H and O–H groups in total. The molecular weight excluding hydrogens is 242 g/mol. The Bertz CT molecular complexity index is 422. The molecule has 2 heterocycles. The van der Waals surface area contributed by atoms with Gasteiger partial charge >= 0.3 is 0 Å². The van der Waals surface area contributed by atoms with Crippen molar-refractivity contribution in [2.45, 2.75) is 39.7 Å². The molecular formula is C14H23N3O2. The van der Waals surface area contributed by atoms with Crippen molar-refractivity contribution in [3.05, 3.63) is 17.5 Å². The van der Waals surface area contributed by atoms with Crippen LogP contribution >= 0.6 is 0 Å². The summed E-state index contributed by atoms with van der Waals surface area (Å²) in [4.78, 5) is 11.8. The number of rotatable bonds is 5. The number of ether oxygens (including phenoxy) is 1. The zero-order chi connectivity index (χ0) is 13.7. The Morgan fingerprint density at radius 2 is 2.21 bits per heavy atom. The second-order valence-corrected chi connectivity index (χ2v) is 5.26. The lowest BCUT2D eigenvalue weighted by atomic mass is 10.0. The zero-order valence-corrected chi connectivity index (χ0v) is 11.8. The van der Waals surface area contributed by atoms with E-state index >= 15 is 0 Å². The number of amides is 1. The van der Waals surface area contributed by atoms with Crippen LogP contribution in [-0.4, -0.2) is 35.4 Å². The van der Waals surface area contributed by atoms with Crippen molar-refractivity contribution in [1.82, 2.24) is 15.1 Å². The molecule has 0 aromatic carbocycles. The number of nitrogens with zero attached hydrogens (tertiary/aromatic N) is 2. The number of aromatic nitrogens is 2. The van der Waals surface area contributed by atoms with E-state index in [0.717, 1.165) is 44.0 Å². The molecule has 1 fully saturated rings. The van der Waals surface area contributed by atoms with E-state index in [4.69, 9.17) is 4.74 Å². The SMILES string of the molecule is Cc1cc(C)n(CCC(=O)NCC2CCOCC2)n1. The van der Waals surface area contributed by atoms with Gasteiger partial charge in [-0.05, 0) is 38.7 Å². The molecule has 5 heteroatoms. The highest BCUT2D eigenvalue weighted by molar-refractivity contribution is 5.75. The predicted octanol–water partition coefficient (Wildman–Crippen LogP) is 1.43. The first-order valence-corrected chi connectivity index (χ1v) is 7.00. The maximum atomic E-state index is 11.8. The van der Waals surface area contributed by atoms with E-state index in [2.05, 4.69) is 10.4 Å². The Balaban J connectivity index is 1.68. The first-order valence-electron chi connectivity index (χ1n) is 7.00. The van der Waals surface area contributed by atoms with Gasteiger partial charge in [0.05, 0.1) is 5.69 Å². The van der Waals surface area contributed by atoms with Crippen LogP contribution < -0.4 is 5.32 Å². The number of carbonyl (C=O) groups is 1. The summed E-state index contributed by atoms with van der Waals surface area (Å²) in [6.45, 7) is 7.06. The number of hydrogen-bond acceptors (Lipinski definition) is 3. The Kier molecular flexibility index (Phi) is 4.96. The van der Waals surface area contributed by atoms with Crippen molar-refractivity contribution in [3.8, 4) is 0 Å². The first kappa shape index (κ1) is 14.1. The lowest BCUT2D eigenvalue weighted by Gasteiger charge is -2.22. The molecule has 0 aliphatic carbocycles. The van der Waals surface area contributed by atoms with Gasteiger partial charge in [-0.3, -0.25) is 9.48 Å². The van der Waals surface area contributed by atoms with Crippen LogP contribution in [0.15, 0.2) is 6.07 Å². The molecule has 0 atom stereocenters. The summed E-state index contributed by atoms with van der Waals surface area (Å²) >= 11 is 0. The quantitative estimate of drug-likeness (QED) is 0.876. The van der Waals surface area contributed by atoms with E-state index in [1.807, 2.05) is 24.6 Å². The van der Waals surface area contributed by atoms with Gasteiger partial charge in [-0.2, -0.15) is 5.10 Å². The van der Waals surface area contributed by atoms with Gasteiger partial charge in [0.1, 0.15) is 0 Å². The fourth-order valence-electron chi connectivity index (χ4n) is 2.41. The maximum Gasteiger partial charge on any atom is 0.221 e. The fourth-order valence-corrected chi connectivity index (χ4v) is 2.41. The molecule has 0 unspecified atom stereocenters. The molecule has 1 aromatic heterocycles. The monoisotopic (exact) mass is 265 g/mol. The lowest BCUT2D eigenvalue weighted by Crippen LogP contribution is -2.32. The van der Waals surface area contributed by atoms with Gasteiger partial charge in [0, 0.05) is 38.4 Å². The number of nitrogens with one attached hydrogen (secondary N) is 1. The first-order chi connectivity index (χ1) is 9.15. The second-order valence-electron chi connectivity index (χ2n) is 5.26. The van der Waals surface area contributed by atoms with Crippen molar-refractivity contribution in [2.24, 2.45) is 5.92 Å². The summed E-state index contributed by atoms with van der Waals surface area (Å²) in [5.74, 6) is 0.686. The molecule has 1 aliphatic heterocycles. The zero-order valence-electron chi connectivity index (χ0n) is 11.8. The van der Waals surface area contributed by atoms with E-state index in [0.29, 0.717) is 18.9 Å². The van der Waals surface area contributed by atoms with Crippen LogP contribution in [0.1, 0.15) is 30.7 Å². The predicted molar refractivity (Wildman–Crippen MR) is 72.9 cm³/mol. The van der Waals surface area contributed by atoms with Crippen LogP contribution in [0.25, 0.3) is 0 Å². The highest BCUT2D eigenvalue weighted by atomic mass is 16.5. The average molecular weight is 265 g/mol. The van der Waals surface area contributed by atoms with Gasteiger partial charge in [0.2, 0.25) is 5.91 Å². The van der Waals surface area contributed by atoms with Crippen LogP contribution in [0.5, 0.6) is 0 Å². The molecule has 19 heavy (non-hydrogen) atoms. The Morgan fingerprint density at radius 3 is 2.84 bits per heavy atom. The van der Waals surface area contributed by atoms with Gasteiger partial charge in [-0.1, -0.05) is 0 Å². The minimum absolute atomic E-state index is 0.110. The van der Waals surface area contributed by atoms with Crippen molar-refractivity contribution in [3.63, 3.8) is 0 Å². The van der Waals surface area contributed by atoms with Crippen LogP contribution in [-0.2, 0) is 16.1 Å².